The number of rotatable bonds is 6. The van der Waals surface area contributed by atoms with E-state index in [1.807, 2.05) is 0 Å². The minimum atomic E-state index is -1.36. The summed E-state index contributed by atoms with van der Waals surface area (Å²) in [6, 6.07) is -1.35. The van der Waals surface area contributed by atoms with Gasteiger partial charge in [-0.3, -0.25) is 14.4 Å². The van der Waals surface area contributed by atoms with Crippen LogP contribution in [0.4, 0.5) is 0 Å². The first kappa shape index (κ1) is 36.5. The second kappa shape index (κ2) is 19.3. The molecule has 0 rings (SSSR count). The molecule has 13 heteroatoms. The molecule has 0 spiro atoms. The van der Waals surface area contributed by atoms with Gasteiger partial charge in [0.1, 0.15) is 6.04 Å². The van der Waals surface area contributed by atoms with Crippen LogP contribution in [0.1, 0.15) is 26.7 Å². The van der Waals surface area contributed by atoms with E-state index in [0.717, 1.165) is 13.8 Å². The number of ketones is 2. The number of esters is 4. The maximum absolute atomic E-state index is 11.2. The van der Waals surface area contributed by atoms with Crippen LogP contribution in [-0.4, -0.2) is 160 Å². The van der Waals surface area contributed by atoms with Gasteiger partial charge in [0.25, 0.3) is 0 Å². The van der Waals surface area contributed by atoms with Gasteiger partial charge in [0.05, 0.1) is 0 Å². The molecule has 2 N–H and O–H groups in total. The Morgan fingerprint density at radius 1 is 0.792 bits per heavy atom. The molecule has 0 bridgehead atoms. The number of hydrogen-bond acceptors (Lipinski definition) is 9. The fraction of sp³-hybridized carbons (Fsp3) is 0.455. The summed E-state index contributed by atoms with van der Waals surface area (Å²) >= 11 is 0. The van der Waals surface area contributed by atoms with Crippen LogP contribution < -0.4 is 5.73 Å². The molecular formula is C11H17NNa4O8. The van der Waals surface area contributed by atoms with Crippen molar-refractivity contribution in [1.29, 1.82) is 0 Å². The summed E-state index contributed by atoms with van der Waals surface area (Å²) in [5, 5.41) is 0. The second-order valence-corrected chi connectivity index (χ2v) is 3.73. The molecule has 0 unspecified atom stereocenters. The van der Waals surface area contributed by atoms with Crippen molar-refractivity contribution in [2.45, 2.75) is 32.7 Å². The van der Waals surface area contributed by atoms with Gasteiger partial charge in [-0.2, -0.15) is 0 Å². The summed E-state index contributed by atoms with van der Waals surface area (Å²) in [4.78, 5) is 64.9. The molecule has 0 aromatic carbocycles. The van der Waals surface area contributed by atoms with E-state index in [9.17, 15) is 28.8 Å². The SMILES string of the molecule is CC(=O)C(=O)OC(=O)CC[C@H](N)C(=O)OC(=O)C(C)=O.[NaH].[NaH].[NaH].[NaH]. The zero-order valence-electron chi connectivity index (χ0n) is 10.8. The van der Waals surface area contributed by atoms with Crippen LogP contribution in [-0.2, 0) is 38.2 Å². The Hall–Kier alpha value is 1.58. The summed E-state index contributed by atoms with van der Waals surface area (Å²) in [6.45, 7) is 1.83. The maximum atomic E-state index is 11.2. The number of carbonyl (C=O) groups excluding carboxylic acids is 6. The molecule has 0 aromatic rings. The molecule has 0 aliphatic carbocycles. The van der Waals surface area contributed by atoms with Crippen LogP contribution in [0.5, 0.6) is 0 Å². The zero-order valence-corrected chi connectivity index (χ0v) is 10.8. The zero-order chi connectivity index (χ0) is 15.9. The van der Waals surface area contributed by atoms with Crippen molar-refractivity contribution in [3.05, 3.63) is 0 Å². The van der Waals surface area contributed by atoms with Gasteiger partial charge in [0.2, 0.25) is 11.6 Å². The fourth-order valence-electron chi connectivity index (χ4n) is 0.856. The Morgan fingerprint density at radius 3 is 1.54 bits per heavy atom. The van der Waals surface area contributed by atoms with Gasteiger partial charge in [0, 0.05) is 20.3 Å². The van der Waals surface area contributed by atoms with Gasteiger partial charge in [-0.15, -0.1) is 0 Å². The molecule has 0 aliphatic heterocycles. The van der Waals surface area contributed by atoms with E-state index < -0.39 is 47.9 Å². The monoisotopic (exact) mass is 383 g/mol. The van der Waals surface area contributed by atoms with E-state index in [0.29, 0.717) is 0 Å². The summed E-state index contributed by atoms with van der Waals surface area (Å²) in [6.07, 6.45) is -0.725. The van der Waals surface area contributed by atoms with Crippen LogP contribution >= 0.6 is 0 Å². The summed E-state index contributed by atoms with van der Waals surface area (Å²) in [5.41, 5.74) is 5.31. The van der Waals surface area contributed by atoms with Gasteiger partial charge in [-0.25, -0.2) is 14.4 Å². The predicted molar refractivity (Wildman–Crippen MR) is 89.4 cm³/mol. The van der Waals surface area contributed by atoms with Gasteiger partial charge >= 0.3 is 142 Å². The van der Waals surface area contributed by atoms with Crippen molar-refractivity contribution in [2.75, 3.05) is 0 Å². The van der Waals surface area contributed by atoms with E-state index in [4.69, 9.17) is 5.73 Å². The van der Waals surface area contributed by atoms with E-state index in [-0.39, 0.29) is 125 Å². The van der Waals surface area contributed by atoms with Crippen molar-refractivity contribution in [3.8, 4) is 0 Å². The van der Waals surface area contributed by atoms with Gasteiger partial charge in [-0.05, 0) is 6.42 Å². The van der Waals surface area contributed by atoms with Crippen LogP contribution in [0, 0.1) is 0 Å². The number of hydrogen-bond donors (Lipinski definition) is 1. The van der Waals surface area contributed by atoms with Gasteiger partial charge in [-0.1, -0.05) is 0 Å². The molecule has 0 saturated heterocycles. The Morgan fingerprint density at radius 2 is 1.17 bits per heavy atom. The van der Waals surface area contributed by atoms with Crippen molar-refractivity contribution in [3.63, 3.8) is 0 Å². The van der Waals surface area contributed by atoms with E-state index >= 15 is 0 Å². The van der Waals surface area contributed by atoms with Crippen LogP contribution in [0.2, 0.25) is 0 Å². The molecule has 9 nitrogen and oxygen atoms in total. The molecule has 118 valence electrons. The molecule has 0 aliphatic rings. The first-order valence-corrected chi connectivity index (χ1v) is 5.43. The Labute approximate surface area is 227 Å². The third-order valence-electron chi connectivity index (χ3n) is 1.94. The third-order valence-corrected chi connectivity index (χ3v) is 1.94. The Balaban J connectivity index is -0.000000301. The standard InChI is InChI=1S/C11H13NO8.4Na.4H/c1-5(13)9(16)19-8(15)4-3-7(12)11(18)20-10(17)6(2)14;;;;;;;;/h7H,3-4,12H2,1-2H3;;;;;;;;/t7-;;;;;;;;/m0......../s1. The quantitative estimate of drug-likeness (QED) is 0.209. The first-order chi connectivity index (χ1) is 9.15. The van der Waals surface area contributed by atoms with Crippen molar-refractivity contribution in [1.82, 2.24) is 0 Å². The number of nitrogens with two attached hydrogens (primary N) is 1. The molecule has 24 heavy (non-hydrogen) atoms. The number of carbonyl (C=O) groups is 6. The van der Waals surface area contributed by atoms with E-state index in [1.54, 1.807) is 0 Å². The van der Waals surface area contributed by atoms with E-state index in [2.05, 4.69) is 9.47 Å². The number of Topliss-reactive ketones (excluding diaryl/α,β-unsaturated/α-hetero) is 2. The molecule has 0 fully saturated rings. The third kappa shape index (κ3) is 17.0. The topological polar surface area (TPSA) is 147 Å². The molecular weight excluding hydrogens is 366 g/mol. The van der Waals surface area contributed by atoms with Crippen molar-refractivity contribution >= 4 is 154 Å². The average molecular weight is 383 g/mol. The van der Waals surface area contributed by atoms with Gasteiger partial charge < -0.3 is 15.2 Å². The van der Waals surface area contributed by atoms with Gasteiger partial charge in [0.15, 0.2) is 0 Å². The molecule has 0 saturated carbocycles. The summed E-state index contributed by atoms with van der Waals surface area (Å²) in [5.74, 6) is -6.84. The first-order valence-electron chi connectivity index (χ1n) is 5.43. The van der Waals surface area contributed by atoms with Crippen molar-refractivity contribution in [2.24, 2.45) is 5.73 Å². The molecule has 0 aromatic heterocycles. The van der Waals surface area contributed by atoms with E-state index in [1.165, 1.54) is 0 Å². The average Bonchev–Trinajstić information content (AvgIpc) is 2.35. The van der Waals surface area contributed by atoms with Crippen molar-refractivity contribution < 1.29 is 38.2 Å². The molecule has 0 heterocycles. The normalized spacial score (nSPS) is 9.29. The Bertz CT molecular complexity index is 483. The fourth-order valence-corrected chi connectivity index (χ4v) is 0.856. The molecule has 0 amide bonds. The predicted octanol–water partition coefficient (Wildman–Crippen LogP) is -4.18. The van der Waals surface area contributed by atoms with Crippen LogP contribution in [0.25, 0.3) is 0 Å². The molecule has 0 radical (unpaired) electrons. The van der Waals surface area contributed by atoms with Crippen LogP contribution in [0.15, 0.2) is 0 Å². The second-order valence-electron chi connectivity index (χ2n) is 3.73. The summed E-state index contributed by atoms with van der Waals surface area (Å²) < 4.78 is 8.20. The minimum absolute atomic E-state index is 0. The number of ether oxygens (including phenoxy) is 2. The van der Waals surface area contributed by atoms with Crippen LogP contribution in [0.3, 0.4) is 0 Å². The molecule has 1 atom stereocenters. The summed E-state index contributed by atoms with van der Waals surface area (Å²) in [7, 11) is 0. The Kier molecular flexibility index (Phi) is 29.4.